The molecule has 0 saturated heterocycles. The smallest absolute Gasteiger partial charge is 0.255 e. The third-order valence-corrected chi connectivity index (χ3v) is 7.73. The minimum atomic E-state index is -3.77. The Balaban J connectivity index is 1.67. The quantitative estimate of drug-likeness (QED) is 0.390. The highest BCUT2D eigenvalue weighted by Gasteiger charge is 2.24. The predicted octanol–water partition coefficient (Wildman–Crippen LogP) is 5.60. The lowest BCUT2D eigenvalue weighted by Crippen LogP contribution is -2.40. The molecule has 1 heterocycles. The molecule has 0 aliphatic rings. The third kappa shape index (κ3) is 5.13. The van der Waals surface area contributed by atoms with E-state index in [0.717, 1.165) is 20.8 Å². The molecule has 4 aromatic rings. The van der Waals surface area contributed by atoms with Crippen LogP contribution in [-0.2, 0) is 10.0 Å². The predicted molar refractivity (Wildman–Crippen MR) is 134 cm³/mol. The van der Waals surface area contributed by atoms with Crippen molar-refractivity contribution in [3.8, 4) is 10.6 Å². The minimum Gasteiger partial charge on any atom is -0.321 e. The van der Waals surface area contributed by atoms with Crippen LogP contribution in [0.25, 0.3) is 20.8 Å². The number of nitrogens with one attached hydrogen (secondary N) is 2. The Labute approximate surface area is 197 Å². The molecule has 8 heteroatoms. The van der Waals surface area contributed by atoms with Gasteiger partial charge in [0.1, 0.15) is 5.01 Å². The van der Waals surface area contributed by atoms with Gasteiger partial charge in [-0.25, -0.2) is 18.1 Å². The zero-order valence-corrected chi connectivity index (χ0v) is 20.5. The first-order chi connectivity index (χ1) is 15.5. The van der Waals surface area contributed by atoms with Crippen LogP contribution in [0.15, 0.2) is 71.6 Å². The van der Waals surface area contributed by atoms with Gasteiger partial charge in [0.05, 0.1) is 20.8 Å². The van der Waals surface area contributed by atoms with Crippen molar-refractivity contribution in [3.63, 3.8) is 0 Å². The van der Waals surface area contributed by atoms with Crippen molar-refractivity contribution in [1.29, 1.82) is 0 Å². The zero-order chi connectivity index (χ0) is 23.8. The van der Waals surface area contributed by atoms with E-state index >= 15 is 0 Å². The van der Waals surface area contributed by atoms with Gasteiger partial charge in [-0.3, -0.25) is 4.79 Å². The van der Waals surface area contributed by atoms with Gasteiger partial charge in [-0.1, -0.05) is 30.3 Å². The van der Waals surface area contributed by atoms with E-state index in [1.165, 1.54) is 12.1 Å². The SMILES string of the molecule is Cc1ccc(S(=O)(=O)NC(C)(C)C)cc1C(=O)Nc1ccccc1-c1nc2ccccc2s1. The highest BCUT2D eigenvalue weighted by Crippen LogP contribution is 2.34. The fraction of sp³-hybridized carbons (Fsp3) is 0.200. The summed E-state index contributed by atoms with van der Waals surface area (Å²) in [6.07, 6.45) is 0. The number of nitrogens with zero attached hydrogens (tertiary/aromatic N) is 1. The summed E-state index contributed by atoms with van der Waals surface area (Å²) < 4.78 is 29.2. The minimum absolute atomic E-state index is 0.0487. The van der Waals surface area contributed by atoms with Gasteiger partial charge in [-0.15, -0.1) is 11.3 Å². The highest BCUT2D eigenvalue weighted by molar-refractivity contribution is 7.89. The van der Waals surface area contributed by atoms with Crippen molar-refractivity contribution in [2.45, 2.75) is 38.1 Å². The molecule has 3 aromatic carbocycles. The molecule has 2 N–H and O–H groups in total. The van der Waals surface area contributed by atoms with E-state index in [4.69, 9.17) is 4.98 Å². The molecular weight excluding hydrogens is 454 g/mol. The molecule has 0 bridgehead atoms. The van der Waals surface area contributed by atoms with Crippen molar-refractivity contribution in [2.24, 2.45) is 0 Å². The number of benzene rings is 3. The number of carbonyl (C=O) groups is 1. The molecule has 0 radical (unpaired) electrons. The number of carbonyl (C=O) groups excluding carboxylic acids is 1. The molecule has 6 nitrogen and oxygen atoms in total. The van der Waals surface area contributed by atoms with Crippen molar-refractivity contribution < 1.29 is 13.2 Å². The number of hydrogen-bond donors (Lipinski definition) is 2. The van der Waals surface area contributed by atoms with Gasteiger partial charge >= 0.3 is 0 Å². The Morgan fingerprint density at radius 3 is 2.39 bits per heavy atom. The number of amides is 1. The average molecular weight is 480 g/mol. The van der Waals surface area contributed by atoms with E-state index in [9.17, 15) is 13.2 Å². The summed E-state index contributed by atoms with van der Waals surface area (Å²) in [5.74, 6) is -0.381. The van der Waals surface area contributed by atoms with Crippen LogP contribution in [0.1, 0.15) is 36.7 Å². The summed E-state index contributed by atoms with van der Waals surface area (Å²) in [5.41, 5.74) is 2.66. The maximum Gasteiger partial charge on any atom is 0.255 e. The summed E-state index contributed by atoms with van der Waals surface area (Å²) in [6.45, 7) is 7.09. The first-order valence-corrected chi connectivity index (χ1v) is 12.7. The Morgan fingerprint density at radius 1 is 0.970 bits per heavy atom. The number of aromatic nitrogens is 1. The monoisotopic (exact) mass is 479 g/mol. The topological polar surface area (TPSA) is 88.2 Å². The number of fused-ring (bicyclic) bond motifs is 1. The zero-order valence-electron chi connectivity index (χ0n) is 18.8. The van der Waals surface area contributed by atoms with Crippen LogP contribution in [0.2, 0.25) is 0 Å². The maximum atomic E-state index is 13.2. The van der Waals surface area contributed by atoms with E-state index in [1.54, 1.807) is 45.1 Å². The fourth-order valence-corrected chi connectivity index (χ4v) is 5.88. The second-order valence-corrected chi connectivity index (χ2v) is 11.5. The van der Waals surface area contributed by atoms with Gasteiger partial charge < -0.3 is 5.32 Å². The van der Waals surface area contributed by atoms with Crippen LogP contribution in [0.4, 0.5) is 5.69 Å². The van der Waals surface area contributed by atoms with E-state index in [-0.39, 0.29) is 10.8 Å². The van der Waals surface area contributed by atoms with Crippen LogP contribution < -0.4 is 10.0 Å². The van der Waals surface area contributed by atoms with Crippen LogP contribution >= 0.6 is 11.3 Å². The molecule has 33 heavy (non-hydrogen) atoms. The molecule has 0 saturated carbocycles. The first kappa shape index (κ1) is 23.1. The Kier molecular flexibility index (Phi) is 6.09. The maximum absolute atomic E-state index is 13.2. The molecule has 1 amide bonds. The molecular formula is C25H25N3O3S2. The second kappa shape index (κ2) is 8.70. The van der Waals surface area contributed by atoms with Crippen LogP contribution in [0.5, 0.6) is 0 Å². The summed E-state index contributed by atoms with van der Waals surface area (Å²) in [5, 5.41) is 3.75. The van der Waals surface area contributed by atoms with Gasteiger partial charge in [0, 0.05) is 16.7 Å². The Morgan fingerprint density at radius 2 is 1.67 bits per heavy atom. The first-order valence-electron chi connectivity index (χ1n) is 10.4. The lowest BCUT2D eigenvalue weighted by atomic mass is 10.1. The molecule has 1 aromatic heterocycles. The lowest BCUT2D eigenvalue weighted by molar-refractivity contribution is 0.102. The van der Waals surface area contributed by atoms with Gasteiger partial charge in [0.15, 0.2) is 0 Å². The molecule has 0 atom stereocenters. The number of hydrogen-bond acceptors (Lipinski definition) is 5. The summed E-state index contributed by atoms with van der Waals surface area (Å²) in [6, 6.07) is 19.9. The molecule has 0 spiro atoms. The summed E-state index contributed by atoms with van der Waals surface area (Å²) >= 11 is 1.55. The van der Waals surface area contributed by atoms with Gasteiger partial charge in [-0.2, -0.15) is 0 Å². The summed E-state index contributed by atoms with van der Waals surface area (Å²) in [4.78, 5) is 18.0. The van der Waals surface area contributed by atoms with E-state index in [2.05, 4.69) is 10.0 Å². The molecule has 0 aliphatic carbocycles. The molecule has 0 unspecified atom stereocenters. The average Bonchev–Trinajstić information content (AvgIpc) is 3.16. The number of aryl methyl sites for hydroxylation is 1. The lowest BCUT2D eigenvalue weighted by Gasteiger charge is -2.20. The van der Waals surface area contributed by atoms with E-state index in [0.29, 0.717) is 16.8 Å². The Hall–Kier alpha value is -3.07. The number of para-hydroxylation sites is 2. The third-order valence-electron chi connectivity index (χ3n) is 4.90. The molecule has 4 rings (SSSR count). The fourth-order valence-electron chi connectivity index (χ4n) is 3.43. The van der Waals surface area contributed by atoms with Crippen LogP contribution in [-0.4, -0.2) is 24.8 Å². The molecule has 170 valence electrons. The van der Waals surface area contributed by atoms with E-state index < -0.39 is 15.6 Å². The Bertz CT molecular complexity index is 1420. The van der Waals surface area contributed by atoms with Crippen molar-refractivity contribution in [3.05, 3.63) is 77.9 Å². The summed E-state index contributed by atoms with van der Waals surface area (Å²) in [7, 11) is -3.77. The molecule has 0 aliphatic heterocycles. The van der Waals surface area contributed by atoms with Crippen molar-refractivity contribution in [2.75, 3.05) is 5.32 Å². The van der Waals surface area contributed by atoms with Crippen LogP contribution in [0.3, 0.4) is 0 Å². The normalized spacial score (nSPS) is 12.1. The van der Waals surface area contributed by atoms with Crippen LogP contribution in [0, 0.1) is 6.92 Å². The number of rotatable bonds is 5. The van der Waals surface area contributed by atoms with Gasteiger partial charge in [0.2, 0.25) is 10.0 Å². The van der Waals surface area contributed by atoms with Crippen molar-refractivity contribution >= 4 is 43.2 Å². The highest BCUT2D eigenvalue weighted by atomic mass is 32.2. The largest absolute Gasteiger partial charge is 0.321 e. The second-order valence-electron chi connectivity index (χ2n) is 8.82. The van der Waals surface area contributed by atoms with Gasteiger partial charge in [-0.05, 0) is 69.7 Å². The standard InChI is InChI=1S/C25H25N3O3S2/c1-16-13-14-17(33(30,31)28-25(2,3)4)15-19(16)23(29)26-20-10-6-5-9-18(20)24-27-21-11-7-8-12-22(21)32-24/h5-15,28H,1-4H3,(H,26,29). The van der Waals surface area contributed by atoms with E-state index in [1.807, 2.05) is 48.5 Å². The van der Waals surface area contributed by atoms with Gasteiger partial charge in [0.25, 0.3) is 5.91 Å². The van der Waals surface area contributed by atoms with Crippen molar-refractivity contribution in [1.82, 2.24) is 9.71 Å². The number of anilines is 1. The number of sulfonamides is 1. The molecule has 0 fully saturated rings. The number of thiazole rings is 1.